The van der Waals surface area contributed by atoms with Crippen molar-refractivity contribution in [2.75, 3.05) is 12.3 Å². The highest BCUT2D eigenvalue weighted by Gasteiger charge is 2.14. The fourth-order valence-corrected chi connectivity index (χ4v) is 3.41. The first-order valence-corrected chi connectivity index (χ1v) is 9.54. The van der Waals surface area contributed by atoms with Gasteiger partial charge >= 0.3 is 0 Å². The molecule has 0 unspecified atom stereocenters. The van der Waals surface area contributed by atoms with Crippen LogP contribution in [0.3, 0.4) is 0 Å². The summed E-state index contributed by atoms with van der Waals surface area (Å²) in [6.07, 6.45) is 0.862. The van der Waals surface area contributed by atoms with E-state index in [1.807, 2.05) is 13.0 Å². The maximum Gasteiger partial charge on any atom is 0.266 e. The number of thioether (sulfide) groups is 1. The van der Waals surface area contributed by atoms with E-state index < -0.39 is 0 Å². The average Bonchev–Trinajstić information content (AvgIpc) is 2.71. The topological polar surface area (TPSA) is 87.8 Å². The van der Waals surface area contributed by atoms with Gasteiger partial charge in [-0.2, -0.15) is 5.26 Å². The molecular formula is C20H18N4O2S. The minimum atomic E-state index is -0.207. The van der Waals surface area contributed by atoms with E-state index >= 15 is 0 Å². The zero-order valence-electron chi connectivity index (χ0n) is 14.8. The highest BCUT2D eigenvalue weighted by molar-refractivity contribution is 7.99. The van der Waals surface area contributed by atoms with E-state index in [9.17, 15) is 9.59 Å². The largest absolute Gasteiger partial charge is 0.355 e. The summed E-state index contributed by atoms with van der Waals surface area (Å²) in [5, 5.41) is 12.7. The summed E-state index contributed by atoms with van der Waals surface area (Å²) >= 11 is 1.21. The van der Waals surface area contributed by atoms with Crippen LogP contribution in [-0.4, -0.2) is 27.8 Å². The van der Waals surface area contributed by atoms with Crippen molar-refractivity contribution in [2.45, 2.75) is 18.5 Å². The third-order valence-electron chi connectivity index (χ3n) is 3.90. The third-order valence-corrected chi connectivity index (χ3v) is 4.84. The van der Waals surface area contributed by atoms with Gasteiger partial charge in [0, 0.05) is 6.54 Å². The van der Waals surface area contributed by atoms with Crippen LogP contribution < -0.4 is 10.9 Å². The summed E-state index contributed by atoms with van der Waals surface area (Å²) in [4.78, 5) is 29.6. The summed E-state index contributed by atoms with van der Waals surface area (Å²) < 4.78 is 1.49. The maximum absolute atomic E-state index is 13.1. The molecule has 0 aliphatic heterocycles. The molecule has 0 saturated carbocycles. The van der Waals surface area contributed by atoms with Gasteiger partial charge in [-0.05, 0) is 42.8 Å². The second-order valence-electron chi connectivity index (χ2n) is 5.85. The Morgan fingerprint density at radius 1 is 1.22 bits per heavy atom. The Bertz CT molecular complexity index is 1070. The van der Waals surface area contributed by atoms with Crippen LogP contribution in [0.1, 0.15) is 18.9 Å². The quantitative estimate of drug-likeness (QED) is 0.526. The summed E-state index contributed by atoms with van der Waals surface area (Å²) in [5.74, 6) is 0.0665. The van der Waals surface area contributed by atoms with Crippen molar-refractivity contribution in [3.8, 4) is 11.8 Å². The number of para-hydroxylation sites is 1. The number of nitriles is 1. The van der Waals surface area contributed by atoms with Crippen LogP contribution in [0.25, 0.3) is 16.6 Å². The van der Waals surface area contributed by atoms with E-state index in [0.29, 0.717) is 33.9 Å². The molecule has 3 rings (SSSR count). The number of carbonyl (C=O) groups excluding carboxylic acids is 1. The van der Waals surface area contributed by atoms with Crippen molar-refractivity contribution >= 4 is 28.6 Å². The highest BCUT2D eigenvalue weighted by atomic mass is 32.2. The monoisotopic (exact) mass is 378 g/mol. The molecule has 27 heavy (non-hydrogen) atoms. The fourth-order valence-electron chi connectivity index (χ4n) is 2.57. The second kappa shape index (κ2) is 8.52. The summed E-state index contributed by atoms with van der Waals surface area (Å²) in [6, 6.07) is 15.9. The molecule has 1 aromatic heterocycles. The third kappa shape index (κ3) is 4.18. The number of benzene rings is 2. The van der Waals surface area contributed by atoms with Crippen LogP contribution in [0.4, 0.5) is 0 Å². The molecule has 6 nitrogen and oxygen atoms in total. The van der Waals surface area contributed by atoms with E-state index in [1.165, 1.54) is 16.3 Å². The predicted molar refractivity (Wildman–Crippen MR) is 106 cm³/mol. The minimum Gasteiger partial charge on any atom is -0.355 e. The lowest BCUT2D eigenvalue weighted by Crippen LogP contribution is -2.27. The zero-order chi connectivity index (χ0) is 19.2. The first kappa shape index (κ1) is 18.7. The van der Waals surface area contributed by atoms with Crippen LogP contribution in [0.2, 0.25) is 0 Å². The molecule has 0 fully saturated rings. The lowest BCUT2D eigenvalue weighted by atomic mass is 10.2. The van der Waals surface area contributed by atoms with E-state index in [4.69, 9.17) is 5.26 Å². The average molecular weight is 378 g/mol. The highest BCUT2D eigenvalue weighted by Crippen LogP contribution is 2.21. The number of hydrogen-bond acceptors (Lipinski definition) is 5. The maximum atomic E-state index is 13.1. The van der Waals surface area contributed by atoms with Crippen molar-refractivity contribution in [3.63, 3.8) is 0 Å². The molecule has 1 N–H and O–H groups in total. The van der Waals surface area contributed by atoms with Gasteiger partial charge in [0.2, 0.25) is 5.91 Å². The lowest BCUT2D eigenvalue weighted by molar-refractivity contribution is -0.118. The molecule has 0 spiro atoms. The summed E-state index contributed by atoms with van der Waals surface area (Å²) in [7, 11) is 0. The van der Waals surface area contributed by atoms with Crippen molar-refractivity contribution in [3.05, 3.63) is 64.4 Å². The Morgan fingerprint density at radius 3 is 2.67 bits per heavy atom. The Labute approximate surface area is 160 Å². The molecule has 0 saturated heterocycles. The van der Waals surface area contributed by atoms with Crippen molar-refractivity contribution in [1.82, 2.24) is 14.9 Å². The molecule has 136 valence electrons. The van der Waals surface area contributed by atoms with Gasteiger partial charge in [-0.1, -0.05) is 30.8 Å². The van der Waals surface area contributed by atoms with Crippen LogP contribution in [-0.2, 0) is 4.79 Å². The van der Waals surface area contributed by atoms with Gasteiger partial charge in [0.25, 0.3) is 5.56 Å². The van der Waals surface area contributed by atoms with Crippen LogP contribution in [0, 0.1) is 11.3 Å². The molecule has 0 bridgehead atoms. The molecule has 1 heterocycles. The molecule has 2 aromatic carbocycles. The minimum absolute atomic E-state index is 0.101. The first-order valence-electron chi connectivity index (χ1n) is 8.56. The first-order chi connectivity index (χ1) is 13.1. The number of nitrogens with one attached hydrogen (secondary N) is 1. The van der Waals surface area contributed by atoms with Gasteiger partial charge in [0.1, 0.15) is 0 Å². The van der Waals surface area contributed by atoms with E-state index in [2.05, 4.69) is 16.4 Å². The lowest BCUT2D eigenvalue weighted by Gasteiger charge is -2.13. The summed E-state index contributed by atoms with van der Waals surface area (Å²) in [5.41, 5.74) is 1.49. The van der Waals surface area contributed by atoms with Crippen LogP contribution >= 0.6 is 11.8 Å². The van der Waals surface area contributed by atoms with Gasteiger partial charge in [-0.3, -0.25) is 14.2 Å². The van der Waals surface area contributed by atoms with Gasteiger partial charge in [-0.15, -0.1) is 0 Å². The van der Waals surface area contributed by atoms with Gasteiger partial charge in [-0.25, -0.2) is 4.98 Å². The number of fused-ring (bicyclic) bond motifs is 1. The Balaban J connectivity index is 2.05. The molecule has 1 amide bonds. The Hall–Kier alpha value is -3.11. The number of amides is 1. The van der Waals surface area contributed by atoms with E-state index in [0.717, 1.165) is 6.42 Å². The molecule has 0 radical (unpaired) electrons. The SMILES string of the molecule is CCCNC(=O)CSc1nc2ccccc2c(=O)n1-c1ccc(C#N)cc1. The Morgan fingerprint density at radius 2 is 1.96 bits per heavy atom. The standard InChI is InChI=1S/C20H18N4O2S/c1-2-11-22-18(25)13-27-20-23-17-6-4-3-5-16(17)19(26)24(20)15-9-7-14(12-21)8-10-15/h3-10H,2,11,13H2,1H3,(H,22,25). The van der Waals surface area contributed by atoms with Gasteiger partial charge in [0.15, 0.2) is 5.16 Å². The van der Waals surface area contributed by atoms with Crippen molar-refractivity contribution in [2.24, 2.45) is 0 Å². The molecule has 0 aliphatic carbocycles. The second-order valence-corrected chi connectivity index (χ2v) is 6.79. The zero-order valence-corrected chi connectivity index (χ0v) is 15.6. The molecule has 3 aromatic rings. The van der Waals surface area contributed by atoms with Crippen molar-refractivity contribution in [1.29, 1.82) is 5.26 Å². The van der Waals surface area contributed by atoms with Gasteiger partial charge < -0.3 is 5.32 Å². The molecule has 0 atom stereocenters. The summed E-state index contributed by atoms with van der Waals surface area (Å²) in [6.45, 7) is 2.61. The normalized spacial score (nSPS) is 10.5. The van der Waals surface area contributed by atoms with Crippen molar-refractivity contribution < 1.29 is 4.79 Å². The predicted octanol–water partition coefficient (Wildman–Crippen LogP) is 2.88. The smallest absolute Gasteiger partial charge is 0.266 e. The number of aromatic nitrogens is 2. The van der Waals surface area contributed by atoms with Gasteiger partial charge in [0.05, 0.1) is 34.0 Å². The molecule has 7 heteroatoms. The number of nitrogens with zero attached hydrogens (tertiary/aromatic N) is 3. The molecule has 0 aliphatic rings. The Kier molecular flexibility index (Phi) is 5.89. The van der Waals surface area contributed by atoms with E-state index in [-0.39, 0.29) is 17.2 Å². The fraction of sp³-hybridized carbons (Fsp3) is 0.200. The van der Waals surface area contributed by atoms with Crippen LogP contribution in [0.5, 0.6) is 0 Å². The van der Waals surface area contributed by atoms with E-state index in [1.54, 1.807) is 42.5 Å². The number of hydrogen-bond donors (Lipinski definition) is 1. The van der Waals surface area contributed by atoms with Crippen LogP contribution in [0.15, 0.2) is 58.5 Å². The number of rotatable bonds is 6. The number of carbonyl (C=O) groups is 1. The molecular weight excluding hydrogens is 360 g/mol.